The van der Waals surface area contributed by atoms with E-state index in [4.69, 9.17) is 16.7 Å². The van der Waals surface area contributed by atoms with Crippen LogP contribution in [-0.4, -0.2) is 29.4 Å². The van der Waals surface area contributed by atoms with Gasteiger partial charge in [-0.15, -0.1) is 11.8 Å². The highest BCUT2D eigenvalue weighted by Gasteiger charge is 2.09. The minimum atomic E-state index is -0.00440. The van der Waals surface area contributed by atoms with Crippen molar-refractivity contribution in [1.29, 1.82) is 0 Å². The molecule has 0 saturated carbocycles. The molecule has 0 radical (unpaired) electrons. The third-order valence-corrected chi connectivity index (χ3v) is 3.78. The number of aliphatic hydroxyl groups excluding tert-OH is 1. The Balaban J connectivity index is 2.34. The van der Waals surface area contributed by atoms with E-state index in [-0.39, 0.29) is 18.6 Å². The van der Waals surface area contributed by atoms with Crippen molar-refractivity contribution in [3.63, 3.8) is 0 Å². The van der Waals surface area contributed by atoms with Gasteiger partial charge in [-0.25, -0.2) is 0 Å². The summed E-state index contributed by atoms with van der Waals surface area (Å²) in [5.74, 6) is 0.374. The first kappa shape index (κ1) is 15.3. The number of carbonyl (C=O) groups excluding carboxylic acids is 1. The standard InChI is InChI=1S/C13H18ClNO2S/c1-2-11(7-8-16)15-13(17)9-18-12-5-3-10(14)4-6-12/h3-6,11,16H,2,7-9H2,1H3,(H,15,17). The molecule has 0 fully saturated rings. The first-order valence-corrected chi connectivity index (χ1v) is 7.30. The molecule has 3 nitrogen and oxygen atoms in total. The van der Waals surface area contributed by atoms with E-state index in [0.29, 0.717) is 17.2 Å². The van der Waals surface area contributed by atoms with Crippen molar-refractivity contribution < 1.29 is 9.90 Å². The fraction of sp³-hybridized carbons (Fsp3) is 0.462. The second-order valence-corrected chi connectivity index (χ2v) is 5.41. The Morgan fingerprint density at radius 2 is 2.11 bits per heavy atom. The van der Waals surface area contributed by atoms with Crippen LogP contribution < -0.4 is 5.32 Å². The Morgan fingerprint density at radius 3 is 2.67 bits per heavy atom. The average molecular weight is 288 g/mol. The van der Waals surface area contributed by atoms with Crippen LogP contribution in [0.15, 0.2) is 29.2 Å². The molecule has 2 N–H and O–H groups in total. The van der Waals surface area contributed by atoms with Crippen LogP contribution in [0, 0.1) is 0 Å². The normalized spacial score (nSPS) is 12.2. The van der Waals surface area contributed by atoms with Gasteiger partial charge in [-0.05, 0) is 37.1 Å². The van der Waals surface area contributed by atoms with Gasteiger partial charge in [0.1, 0.15) is 0 Å². The van der Waals surface area contributed by atoms with Gasteiger partial charge in [0.2, 0.25) is 5.91 Å². The van der Waals surface area contributed by atoms with Crippen LogP contribution in [0.25, 0.3) is 0 Å². The number of aliphatic hydroxyl groups is 1. The summed E-state index contributed by atoms with van der Waals surface area (Å²) in [6, 6.07) is 7.47. The fourth-order valence-electron chi connectivity index (χ4n) is 1.48. The summed E-state index contributed by atoms with van der Waals surface area (Å²) in [4.78, 5) is 12.7. The Morgan fingerprint density at radius 1 is 1.44 bits per heavy atom. The van der Waals surface area contributed by atoms with Gasteiger partial charge >= 0.3 is 0 Å². The Labute approximate surface area is 117 Å². The number of benzene rings is 1. The number of rotatable bonds is 7. The van der Waals surface area contributed by atoms with Crippen LogP contribution in [0.2, 0.25) is 5.02 Å². The molecule has 1 aromatic rings. The molecule has 1 amide bonds. The molecule has 0 aliphatic rings. The number of halogens is 1. The predicted octanol–water partition coefficient (Wildman–Crippen LogP) is 2.71. The van der Waals surface area contributed by atoms with E-state index in [1.54, 1.807) is 0 Å². The topological polar surface area (TPSA) is 49.3 Å². The molecule has 0 saturated heterocycles. The zero-order valence-electron chi connectivity index (χ0n) is 10.4. The molecular formula is C13H18ClNO2S. The summed E-state index contributed by atoms with van der Waals surface area (Å²) in [5.41, 5.74) is 0. The molecule has 18 heavy (non-hydrogen) atoms. The molecular weight excluding hydrogens is 270 g/mol. The highest BCUT2D eigenvalue weighted by molar-refractivity contribution is 8.00. The highest BCUT2D eigenvalue weighted by atomic mass is 35.5. The lowest BCUT2D eigenvalue weighted by Crippen LogP contribution is -2.36. The molecule has 0 heterocycles. The molecule has 100 valence electrons. The number of thioether (sulfide) groups is 1. The maximum Gasteiger partial charge on any atom is 0.230 e. The summed E-state index contributed by atoms with van der Waals surface area (Å²) in [7, 11) is 0. The van der Waals surface area contributed by atoms with E-state index in [9.17, 15) is 4.79 Å². The summed E-state index contributed by atoms with van der Waals surface area (Å²) in [6.07, 6.45) is 1.44. The zero-order valence-corrected chi connectivity index (χ0v) is 11.9. The summed E-state index contributed by atoms with van der Waals surface area (Å²) < 4.78 is 0. The van der Waals surface area contributed by atoms with Crippen molar-refractivity contribution in [1.82, 2.24) is 5.32 Å². The smallest absolute Gasteiger partial charge is 0.230 e. The van der Waals surface area contributed by atoms with E-state index >= 15 is 0 Å². The van der Waals surface area contributed by atoms with Crippen molar-refractivity contribution in [3.05, 3.63) is 29.3 Å². The monoisotopic (exact) mass is 287 g/mol. The minimum Gasteiger partial charge on any atom is -0.396 e. The van der Waals surface area contributed by atoms with E-state index in [1.165, 1.54) is 11.8 Å². The lowest BCUT2D eigenvalue weighted by Gasteiger charge is -2.15. The number of nitrogens with one attached hydrogen (secondary N) is 1. The zero-order chi connectivity index (χ0) is 13.4. The van der Waals surface area contributed by atoms with Crippen LogP contribution in [0.4, 0.5) is 0 Å². The SMILES string of the molecule is CCC(CCO)NC(=O)CSc1ccc(Cl)cc1. The van der Waals surface area contributed by atoms with Crippen LogP contribution in [0.3, 0.4) is 0 Å². The van der Waals surface area contributed by atoms with E-state index in [0.717, 1.165) is 11.3 Å². The molecule has 0 aromatic heterocycles. The van der Waals surface area contributed by atoms with Crippen LogP contribution in [-0.2, 0) is 4.79 Å². The fourth-order valence-corrected chi connectivity index (χ4v) is 2.32. The second-order valence-electron chi connectivity index (χ2n) is 3.93. The molecule has 0 bridgehead atoms. The van der Waals surface area contributed by atoms with Crippen molar-refractivity contribution in [3.8, 4) is 0 Å². The molecule has 0 aliphatic heterocycles. The lowest BCUT2D eigenvalue weighted by atomic mass is 10.1. The van der Waals surface area contributed by atoms with Gasteiger partial charge in [0.25, 0.3) is 0 Å². The number of carbonyl (C=O) groups is 1. The number of hydrogen-bond donors (Lipinski definition) is 2. The largest absolute Gasteiger partial charge is 0.396 e. The van der Waals surface area contributed by atoms with Gasteiger partial charge < -0.3 is 10.4 Å². The lowest BCUT2D eigenvalue weighted by molar-refractivity contribution is -0.119. The molecule has 5 heteroatoms. The third-order valence-electron chi connectivity index (χ3n) is 2.52. The van der Waals surface area contributed by atoms with Crippen LogP contribution in [0.5, 0.6) is 0 Å². The van der Waals surface area contributed by atoms with Gasteiger partial charge in [-0.2, -0.15) is 0 Å². The van der Waals surface area contributed by atoms with Crippen molar-refractivity contribution in [2.75, 3.05) is 12.4 Å². The van der Waals surface area contributed by atoms with Gasteiger partial charge in [0, 0.05) is 22.6 Å². The minimum absolute atomic E-state index is 0.00440. The quantitative estimate of drug-likeness (QED) is 0.758. The molecule has 0 aliphatic carbocycles. The molecule has 1 rings (SSSR count). The average Bonchev–Trinajstić information content (AvgIpc) is 2.37. The van der Waals surface area contributed by atoms with Crippen molar-refractivity contribution >= 4 is 29.3 Å². The van der Waals surface area contributed by atoms with Crippen molar-refractivity contribution in [2.45, 2.75) is 30.7 Å². The first-order valence-electron chi connectivity index (χ1n) is 5.94. The summed E-state index contributed by atoms with van der Waals surface area (Å²) in [5, 5.41) is 12.4. The van der Waals surface area contributed by atoms with Gasteiger partial charge in [0.15, 0.2) is 0 Å². The predicted molar refractivity (Wildman–Crippen MR) is 76.1 cm³/mol. The summed E-state index contributed by atoms with van der Waals surface area (Å²) >= 11 is 7.26. The maximum atomic E-state index is 11.7. The molecule has 0 spiro atoms. The van der Waals surface area contributed by atoms with E-state index in [2.05, 4.69) is 5.32 Å². The Kier molecular flexibility index (Phi) is 7.16. The van der Waals surface area contributed by atoms with Crippen LogP contribution in [0.1, 0.15) is 19.8 Å². The maximum absolute atomic E-state index is 11.7. The van der Waals surface area contributed by atoms with Crippen LogP contribution >= 0.6 is 23.4 Å². The molecule has 1 aromatic carbocycles. The van der Waals surface area contributed by atoms with E-state index < -0.39 is 0 Å². The van der Waals surface area contributed by atoms with E-state index in [1.807, 2.05) is 31.2 Å². The summed E-state index contributed by atoms with van der Waals surface area (Å²) in [6.45, 7) is 2.09. The van der Waals surface area contributed by atoms with Crippen molar-refractivity contribution in [2.24, 2.45) is 0 Å². The third kappa shape index (κ3) is 5.76. The second kappa shape index (κ2) is 8.40. The highest BCUT2D eigenvalue weighted by Crippen LogP contribution is 2.20. The van der Waals surface area contributed by atoms with Gasteiger partial charge in [0.05, 0.1) is 5.75 Å². The number of amides is 1. The number of hydrogen-bond acceptors (Lipinski definition) is 3. The van der Waals surface area contributed by atoms with Gasteiger partial charge in [-0.1, -0.05) is 18.5 Å². The Hall–Kier alpha value is -0.710. The first-order chi connectivity index (χ1) is 8.65. The Bertz CT molecular complexity index is 370. The molecule has 1 atom stereocenters. The van der Waals surface area contributed by atoms with Gasteiger partial charge in [-0.3, -0.25) is 4.79 Å². The molecule has 1 unspecified atom stereocenters.